The van der Waals surface area contributed by atoms with Gasteiger partial charge in [0.05, 0.1) is 6.42 Å². The van der Waals surface area contributed by atoms with E-state index in [4.69, 9.17) is 4.52 Å². The normalized spacial score (nSPS) is 12.5. The Hall–Kier alpha value is -1.36. The summed E-state index contributed by atoms with van der Waals surface area (Å²) in [4.78, 5) is 11.9. The lowest BCUT2D eigenvalue weighted by molar-refractivity contribution is -0.121. The molecule has 4 nitrogen and oxygen atoms in total. The summed E-state index contributed by atoms with van der Waals surface area (Å²) in [5.41, 5.74) is 1.42. The van der Waals surface area contributed by atoms with Crippen LogP contribution in [0.1, 0.15) is 25.5 Å². The standard InChI is InChI=1S/C14H17BrN2O2/c1-10(5-4-8-15)16-14(18)9-12-11-6-2-3-7-13(11)19-17-12/h2-3,6-7,10H,4-5,8-9H2,1H3,(H,16,18). The Labute approximate surface area is 120 Å². The molecule has 0 aliphatic rings. The average molecular weight is 325 g/mol. The number of aromatic nitrogens is 1. The first-order valence-electron chi connectivity index (χ1n) is 6.39. The second-order valence-corrected chi connectivity index (χ2v) is 5.39. The van der Waals surface area contributed by atoms with E-state index in [9.17, 15) is 4.79 Å². The lowest BCUT2D eigenvalue weighted by Gasteiger charge is -2.12. The number of carbonyl (C=O) groups excluding carboxylic acids is 1. The molecular weight excluding hydrogens is 308 g/mol. The number of benzene rings is 1. The maximum absolute atomic E-state index is 11.9. The van der Waals surface area contributed by atoms with Gasteiger partial charge in [-0.1, -0.05) is 33.2 Å². The molecule has 2 rings (SSSR count). The van der Waals surface area contributed by atoms with Gasteiger partial charge in [0.25, 0.3) is 0 Å². The van der Waals surface area contributed by atoms with Crippen LogP contribution in [0.3, 0.4) is 0 Å². The number of nitrogens with zero attached hydrogens (tertiary/aromatic N) is 1. The van der Waals surface area contributed by atoms with E-state index in [2.05, 4.69) is 26.4 Å². The van der Waals surface area contributed by atoms with Crippen LogP contribution in [0.2, 0.25) is 0 Å². The zero-order chi connectivity index (χ0) is 13.7. The highest BCUT2D eigenvalue weighted by Gasteiger charge is 2.13. The maximum atomic E-state index is 11.9. The first-order valence-corrected chi connectivity index (χ1v) is 7.51. The van der Waals surface area contributed by atoms with Crippen molar-refractivity contribution in [3.8, 4) is 0 Å². The van der Waals surface area contributed by atoms with Crippen molar-refractivity contribution in [3.63, 3.8) is 0 Å². The predicted molar refractivity (Wildman–Crippen MR) is 78.3 cm³/mol. The minimum atomic E-state index is -0.0128. The van der Waals surface area contributed by atoms with Crippen molar-refractivity contribution in [2.45, 2.75) is 32.2 Å². The van der Waals surface area contributed by atoms with Gasteiger partial charge < -0.3 is 9.84 Å². The SMILES string of the molecule is CC(CCCBr)NC(=O)Cc1noc2ccccc12. The molecule has 19 heavy (non-hydrogen) atoms. The third-order valence-electron chi connectivity index (χ3n) is 2.96. The smallest absolute Gasteiger partial charge is 0.226 e. The Bertz CT molecular complexity index is 553. The van der Waals surface area contributed by atoms with Gasteiger partial charge in [0.15, 0.2) is 5.58 Å². The summed E-state index contributed by atoms with van der Waals surface area (Å²) >= 11 is 3.38. The number of para-hydroxylation sites is 1. The molecule has 1 heterocycles. The Morgan fingerprint density at radius 2 is 2.26 bits per heavy atom. The zero-order valence-corrected chi connectivity index (χ0v) is 12.4. The van der Waals surface area contributed by atoms with Crippen molar-refractivity contribution in [2.75, 3.05) is 5.33 Å². The molecule has 1 aromatic carbocycles. The fourth-order valence-corrected chi connectivity index (χ4v) is 2.32. The molecule has 2 aromatic rings. The van der Waals surface area contributed by atoms with Gasteiger partial charge in [-0.15, -0.1) is 0 Å². The largest absolute Gasteiger partial charge is 0.356 e. The topological polar surface area (TPSA) is 55.1 Å². The van der Waals surface area contributed by atoms with E-state index < -0.39 is 0 Å². The van der Waals surface area contributed by atoms with Gasteiger partial charge in [-0.3, -0.25) is 4.79 Å². The van der Waals surface area contributed by atoms with Crippen molar-refractivity contribution in [1.29, 1.82) is 0 Å². The molecule has 0 bridgehead atoms. The van der Waals surface area contributed by atoms with Gasteiger partial charge in [0.1, 0.15) is 5.69 Å². The summed E-state index contributed by atoms with van der Waals surface area (Å²) < 4.78 is 5.18. The number of alkyl halides is 1. The van der Waals surface area contributed by atoms with Crippen molar-refractivity contribution in [2.24, 2.45) is 0 Å². The molecule has 0 radical (unpaired) electrons. The molecule has 1 unspecified atom stereocenters. The molecule has 102 valence electrons. The van der Waals surface area contributed by atoms with Crippen molar-refractivity contribution in [1.82, 2.24) is 10.5 Å². The molecule has 0 saturated carbocycles. The number of carbonyl (C=O) groups is 1. The van der Waals surface area contributed by atoms with E-state index in [1.54, 1.807) is 0 Å². The molecule has 5 heteroatoms. The number of halogens is 1. The summed E-state index contributed by atoms with van der Waals surface area (Å²) in [7, 11) is 0. The first-order chi connectivity index (χ1) is 9.20. The molecule has 0 fully saturated rings. The van der Waals surface area contributed by atoms with Crippen LogP contribution in [0.15, 0.2) is 28.8 Å². The summed E-state index contributed by atoms with van der Waals surface area (Å²) in [6, 6.07) is 7.76. The Morgan fingerprint density at radius 3 is 3.05 bits per heavy atom. The van der Waals surface area contributed by atoms with E-state index in [1.807, 2.05) is 31.2 Å². The van der Waals surface area contributed by atoms with Crippen LogP contribution in [0, 0.1) is 0 Å². The van der Waals surface area contributed by atoms with Gasteiger partial charge in [-0.2, -0.15) is 0 Å². The van der Waals surface area contributed by atoms with Crippen molar-refractivity contribution in [3.05, 3.63) is 30.0 Å². The highest BCUT2D eigenvalue weighted by Crippen LogP contribution is 2.18. The van der Waals surface area contributed by atoms with Gasteiger partial charge in [-0.05, 0) is 31.9 Å². The minimum absolute atomic E-state index is 0.0128. The minimum Gasteiger partial charge on any atom is -0.356 e. The summed E-state index contributed by atoms with van der Waals surface area (Å²) in [5, 5.41) is 8.81. The first kappa shape index (κ1) is 14.1. The number of amides is 1. The monoisotopic (exact) mass is 324 g/mol. The number of hydrogen-bond acceptors (Lipinski definition) is 3. The van der Waals surface area contributed by atoms with Gasteiger partial charge >= 0.3 is 0 Å². The highest BCUT2D eigenvalue weighted by atomic mass is 79.9. The summed E-state index contributed by atoms with van der Waals surface area (Å²) in [6.45, 7) is 2.02. The Kier molecular flexibility index (Phi) is 4.96. The fraction of sp³-hybridized carbons (Fsp3) is 0.429. The second kappa shape index (κ2) is 6.70. The molecule has 0 spiro atoms. The van der Waals surface area contributed by atoms with E-state index in [0.29, 0.717) is 5.69 Å². The van der Waals surface area contributed by atoms with Crippen LogP contribution in [-0.4, -0.2) is 22.4 Å². The molecule has 1 amide bonds. The van der Waals surface area contributed by atoms with Crippen LogP contribution < -0.4 is 5.32 Å². The molecule has 0 saturated heterocycles. The van der Waals surface area contributed by atoms with E-state index in [0.717, 1.165) is 29.1 Å². The van der Waals surface area contributed by atoms with Gasteiger partial charge in [0.2, 0.25) is 5.91 Å². The Morgan fingerprint density at radius 1 is 1.47 bits per heavy atom. The van der Waals surface area contributed by atoms with Crippen LogP contribution in [-0.2, 0) is 11.2 Å². The van der Waals surface area contributed by atoms with E-state index in [-0.39, 0.29) is 18.4 Å². The van der Waals surface area contributed by atoms with Crippen molar-refractivity contribution >= 4 is 32.8 Å². The lowest BCUT2D eigenvalue weighted by atomic mass is 10.1. The number of hydrogen-bond donors (Lipinski definition) is 1. The van der Waals surface area contributed by atoms with Crippen molar-refractivity contribution < 1.29 is 9.32 Å². The molecule has 0 aliphatic heterocycles. The third-order valence-corrected chi connectivity index (χ3v) is 3.52. The maximum Gasteiger partial charge on any atom is 0.226 e. The summed E-state index contributed by atoms with van der Waals surface area (Å²) in [6.07, 6.45) is 2.28. The van der Waals surface area contributed by atoms with Crippen LogP contribution in [0.4, 0.5) is 0 Å². The molecule has 1 N–H and O–H groups in total. The average Bonchev–Trinajstić information content (AvgIpc) is 2.80. The molecule has 1 atom stereocenters. The van der Waals surface area contributed by atoms with Crippen LogP contribution >= 0.6 is 15.9 Å². The quantitative estimate of drug-likeness (QED) is 0.831. The lowest BCUT2D eigenvalue weighted by Crippen LogP contribution is -2.33. The predicted octanol–water partition coefficient (Wildman–Crippen LogP) is 3.05. The summed E-state index contributed by atoms with van der Waals surface area (Å²) in [5.74, 6) is -0.0128. The Balaban J connectivity index is 1.95. The van der Waals surface area contributed by atoms with Crippen LogP contribution in [0.25, 0.3) is 11.0 Å². The molecule has 0 aliphatic carbocycles. The number of rotatable bonds is 6. The molecule has 1 aromatic heterocycles. The second-order valence-electron chi connectivity index (χ2n) is 4.60. The van der Waals surface area contributed by atoms with Gasteiger partial charge in [-0.25, -0.2) is 0 Å². The van der Waals surface area contributed by atoms with Crippen LogP contribution in [0.5, 0.6) is 0 Å². The number of fused-ring (bicyclic) bond motifs is 1. The fourth-order valence-electron chi connectivity index (χ4n) is 2.00. The number of nitrogens with one attached hydrogen (secondary N) is 1. The highest BCUT2D eigenvalue weighted by molar-refractivity contribution is 9.09. The third kappa shape index (κ3) is 3.80. The van der Waals surface area contributed by atoms with E-state index >= 15 is 0 Å². The zero-order valence-electron chi connectivity index (χ0n) is 10.9. The van der Waals surface area contributed by atoms with E-state index in [1.165, 1.54) is 0 Å². The molecular formula is C14H17BrN2O2. The van der Waals surface area contributed by atoms with Gasteiger partial charge in [0, 0.05) is 16.8 Å².